The fraction of sp³-hybridized carbons (Fsp3) is 0.308. The normalized spacial score (nSPS) is 16.8. The number of nitrogens with zero attached hydrogens (tertiary/aromatic N) is 2. The molecule has 0 aromatic heterocycles. The van der Waals surface area contributed by atoms with Crippen LogP contribution in [-0.2, 0) is 9.59 Å². The maximum absolute atomic E-state index is 13.0. The number of benzene rings is 2. The summed E-state index contributed by atoms with van der Waals surface area (Å²) in [5, 5.41) is 1.30. The molecule has 0 saturated carbocycles. The molecule has 11 heteroatoms. The van der Waals surface area contributed by atoms with Gasteiger partial charge in [-0.05, 0) is 74.3 Å². The highest BCUT2D eigenvalue weighted by molar-refractivity contribution is 8.26. The topological polar surface area (TPSA) is 88.2 Å². The van der Waals surface area contributed by atoms with Crippen LogP contribution >= 0.6 is 35.6 Å². The van der Waals surface area contributed by atoms with Crippen molar-refractivity contribution in [1.29, 1.82) is 0 Å². The van der Waals surface area contributed by atoms with Crippen molar-refractivity contribution in [3.63, 3.8) is 0 Å². The summed E-state index contributed by atoms with van der Waals surface area (Å²) in [6, 6.07) is 11.7. The molecule has 37 heavy (non-hydrogen) atoms. The van der Waals surface area contributed by atoms with Crippen LogP contribution in [0.3, 0.4) is 0 Å². The lowest BCUT2D eigenvalue weighted by Crippen LogP contribution is -2.44. The van der Waals surface area contributed by atoms with Crippen LogP contribution in [0.25, 0.3) is 6.08 Å². The number of hydrazine groups is 1. The van der Waals surface area contributed by atoms with E-state index < -0.39 is 11.8 Å². The van der Waals surface area contributed by atoms with E-state index in [1.807, 2.05) is 11.8 Å². The van der Waals surface area contributed by atoms with Gasteiger partial charge in [-0.15, -0.1) is 0 Å². The molecule has 4 rings (SSSR count). The minimum atomic E-state index is -0.539. The minimum absolute atomic E-state index is 0.0475. The molecular formula is C26H26ClN3O5S2. The van der Waals surface area contributed by atoms with E-state index >= 15 is 0 Å². The predicted molar refractivity (Wildman–Crippen MR) is 147 cm³/mol. The Hall–Kier alpha value is -3.08. The molecule has 0 unspecified atom stereocenters. The maximum Gasteiger partial charge on any atom is 0.285 e. The predicted octanol–water partition coefficient (Wildman–Crippen LogP) is 4.68. The van der Waals surface area contributed by atoms with E-state index in [0.29, 0.717) is 28.6 Å². The molecule has 1 N–H and O–H groups in total. The van der Waals surface area contributed by atoms with Gasteiger partial charge in [-0.3, -0.25) is 19.8 Å². The first-order chi connectivity index (χ1) is 17.9. The van der Waals surface area contributed by atoms with Crippen molar-refractivity contribution < 1.29 is 23.9 Å². The van der Waals surface area contributed by atoms with Gasteiger partial charge in [0.25, 0.3) is 17.7 Å². The summed E-state index contributed by atoms with van der Waals surface area (Å²) >= 11 is 12.5. The van der Waals surface area contributed by atoms with Crippen molar-refractivity contribution in [3.8, 4) is 11.5 Å². The molecule has 2 aliphatic rings. The number of hydrogen-bond acceptors (Lipinski definition) is 7. The lowest BCUT2D eigenvalue weighted by atomic mass is 10.1. The Bertz CT molecular complexity index is 1250. The molecular weight excluding hydrogens is 534 g/mol. The number of carbonyl (C=O) groups is 3. The molecule has 3 amide bonds. The number of thiocarbonyl (C=S) groups is 1. The summed E-state index contributed by atoms with van der Waals surface area (Å²) in [6.07, 6.45) is 4.83. The maximum atomic E-state index is 13.0. The Morgan fingerprint density at radius 1 is 1.11 bits per heavy atom. The molecule has 0 atom stereocenters. The average Bonchev–Trinajstić information content (AvgIpc) is 3.16. The van der Waals surface area contributed by atoms with E-state index in [4.69, 9.17) is 33.3 Å². The van der Waals surface area contributed by atoms with E-state index in [9.17, 15) is 14.4 Å². The van der Waals surface area contributed by atoms with Gasteiger partial charge in [0.1, 0.15) is 0 Å². The highest BCUT2D eigenvalue weighted by atomic mass is 35.5. The summed E-state index contributed by atoms with van der Waals surface area (Å²) in [4.78, 5) is 40.2. The third-order valence-corrected chi connectivity index (χ3v) is 7.38. The first kappa shape index (κ1) is 27.0. The molecule has 2 aromatic carbocycles. The standard InChI is InChI=1S/C26H26ClN3O5S2/c1-2-34-21-14-17(10-11-20(21)35-16-23(31)29-12-6-3-7-13-29)15-22-25(33)30(26(36)37-22)28-24(32)18-8-4-5-9-19(18)27/h4-5,8-11,14-15H,2-3,6-7,12-13,16H2,1H3,(H,28,32)/b22-15+. The molecule has 2 fully saturated rings. The zero-order chi connectivity index (χ0) is 26.4. The summed E-state index contributed by atoms with van der Waals surface area (Å²) in [6.45, 7) is 3.70. The summed E-state index contributed by atoms with van der Waals surface area (Å²) in [5.41, 5.74) is 3.43. The molecule has 194 valence electrons. The monoisotopic (exact) mass is 559 g/mol. The molecule has 2 aromatic rings. The number of carbonyl (C=O) groups excluding carboxylic acids is 3. The first-order valence-corrected chi connectivity index (χ1v) is 13.5. The first-order valence-electron chi connectivity index (χ1n) is 11.9. The average molecular weight is 560 g/mol. The van der Waals surface area contributed by atoms with E-state index in [-0.39, 0.29) is 27.4 Å². The van der Waals surface area contributed by atoms with Crippen molar-refractivity contribution >= 4 is 63.7 Å². The Morgan fingerprint density at radius 2 is 1.86 bits per heavy atom. The number of likely N-dealkylation sites (tertiary alicyclic amines) is 1. The van der Waals surface area contributed by atoms with Gasteiger partial charge in [-0.1, -0.05) is 41.6 Å². The smallest absolute Gasteiger partial charge is 0.285 e. The van der Waals surface area contributed by atoms with E-state index in [0.717, 1.165) is 49.1 Å². The van der Waals surface area contributed by atoms with Gasteiger partial charge in [0.2, 0.25) is 0 Å². The zero-order valence-corrected chi connectivity index (χ0v) is 22.6. The number of rotatable bonds is 8. The van der Waals surface area contributed by atoms with Gasteiger partial charge in [0.05, 0.1) is 22.1 Å². The quantitative estimate of drug-likeness (QED) is 0.371. The highest BCUT2D eigenvalue weighted by Gasteiger charge is 2.34. The van der Waals surface area contributed by atoms with Crippen LogP contribution in [0.4, 0.5) is 0 Å². The molecule has 2 heterocycles. The molecule has 0 spiro atoms. The molecule has 0 aliphatic carbocycles. The van der Waals surface area contributed by atoms with Gasteiger partial charge < -0.3 is 14.4 Å². The number of amides is 3. The molecule has 8 nitrogen and oxygen atoms in total. The number of halogens is 1. The summed E-state index contributed by atoms with van der Waals surface area (Å²) in [5.74, 6) is -0.133. The lowest BCUT2D eigenvalue weighted by molar-refractivity contribution is -0.134. The third-order valence-electron chi connectivity index (χ3n) is 5.75. The van der Waals surface area contributed by atoms with Crippen LogP contribution in [0.15, 0.2) is 47.4 Å². The largest absolute Gasteiger partial charge is 0.490 e. The van der Waals surface area contributed by atoms with E-state index in [2.05, 4.69) is 5.43 Å². The summed E-state index contributed by atoms with van der Waals surface area (Å²) in [7, 11) is 0. The molecule has 2 aliphatic heterocycles. The van der Waals surface area contributed by atoms with E-state index in [1.165, 1.54) is 0 Å². The SMILES string of the molecule is CCOc1cc(/C=C2/SC(=S)N(NC(=O)c3ccccc3Cl)C2=O)ccc1OCC(=O)N1CCCCC1. The zero-order valence-electron chi connectivity index (χ0n) is 20.2. The summed E-state index contributed by atoms with van der Waals surface area (Å²) < 4.78 is 11.7. The Kier molecular flexibility index (Phi) is 9.07. The van der Waals surface area contributed by atoms with Gasteiger partial charge in [-0.25, -0.2) is 0 Å². The van der Waals surface area contributed by atoms with Crippen molar-refractivity contribution in [3.05, 3.63) is 63.5 Å². The molecule has 2 saturated heterocycles. The fourth-order valence-electron chi connectivity index (χ4n) is 3.90. The van der Waals surface area contributed by atoms with Crippen LogP contribution in [0.1, 0.15) is 42.1 Å². The van der Waals surface area contributed by atoms with Crippen LogP contribution < -0.4 is 14.9 Å². The Balaban J connectivity index is 1.45. The Morgan fingerprint density at radius 3 is 2.59 bits per heavy atom. The van der Waals surface area contributed by atoms with Crippen molar-refractivity contribution in [2.75, 3.05) is 26.3 Å². The number of nitrogens with one attached hydrogen (secondary N) is 1. The van der Waals surface area contributed by atoms with E-state index in [1.54, 1.807) is 48.5 Å². The Labute approximate surface area is 229 Å². The second-order valence-electron chi connectivity index (χ2n) is 8.31. The van der Waals surface area contributed by atoms with Crippen molar-refractivity contribution in [1.82, 2.24) is 15.3 Å². The van der Waals surface area contributed by atoms with Crippen molar-refractivity contribution in [2.24, 2.45) is 0 Å². The van der Waals surface area contributed by atoms with Gasteiger partial charge in [-0.2, -0.15) is 5.01 Å². The number of piperidine rings is 1. The fourth-order valence-corrected chi connectivity index (χ4v) is 5.30. The van der Waals surface area contributed by atoms with Gasteiger partial charge in [0.15, 0.2) is 22.4 Å². The number of hydrogen-bond donors (Lipinski definition) is 1. The number of thioether (sulfide) groups is 1. The highest BCUT2D eigenvalue weighted by Crippen LogP contribution is 2.34. The van der Waals surface area contributed by atoms with Crippen LogP contribution in [0.2, 0.25) is 5.02 Å². The second kappa shape index (κ2) is 12.4. The van der Waals surface area contributed by atoms with Crippen LogP contribution in [0, 0.1) is 0 Å². The van der Waals surface area contributed by atoms with Crippen molar-refractivity contribution in [2.45, 2.75) is 26.2 Å². The minimum Gasteiger partial charge on any atom is -0.490 e. The third kappa shape index (κ3) is 6.63. The van der Waals surface area contributed by atoms with Gasteiger partial charge >= 0.3 is 0 Å². The molecule has 0 radical (unpaired) electrons. The van der Waals surface area contributed by atoms with Crippen LogP contribution in [0.5, 0.6) is 11.5 Å². The number of ether oxygens (including phenoxy) is 2. The molecule has 0 bridgehead atoms. The second-order valence-corrected chi connectivity index (χ2v) is 10.4. The lowest BCUT2D eigenvalue weighted by Gasteiger charge is -2.26. The van der Waals surface area contributed by atoms with Gasteiger partial charge in [0, 0.05) is 13.1 Å². The van der Waals surface area contributed by atoms with Crippen LogP contribution in [-0.4, -0.2) is 58.3 Å².